The molecule has 1 saturated carbocycles. The maximum atomic E-state index is 10.9. The van der Waals surface area contributed by atoms with Crippen LogP contribution in [0.4, 0.5) is 0 Å². The molecule has 1 aliphatic rings. The molecule has 2 aromatic rings. The lowest BCUT2D eigenvalue weighted by atomic mass is 10.2. The fourth-order valence-electron chi connectivity index (χ4n) is 1.67. The molecule has 1 fully saturated rings. The third-order valence-corrected chi connectivity index (χ3v) is 2.75. The molecule has 0 amide bonds. The van der Waals surface area contributed by atoms with E-state index in [1.807, 2.05) is 10.9 Å². The van der Waals surface area contributed by atoms with Gasteiger partial charge >= 0.3 is 0 Å². The molecule has 2 heterocycles. The zero-order valence-corrected chi connectivity index (χ0v) is 8.76. The average molecular weight is 216 g/mol. The second-order valence-corrected chi connectivity index (χ2v) is 4.20. The number of rotatable bonds is 3. The summed E-state index contributed by atoms with van der Waals surface area (Å²) in [6, 6.07) is 3.18. The Bertz CT molecular complexity index is 533. The summed E-state index contributed by atoms with van der Waals surface area (Å²) in [5, 5.41) is 10.7. The molecule has 0 saturated heterocycles. The normalized spacial score (nSPS) is 15.2. The maximum Gasteiger partial charge on any atom is 0.264 e. The van der Waals surface area contributed by atoms with Crippen LogP contribution in [0, 0.1) is 5.92 Å². The van der Waals surface area contributed by atoms with Crippen LogP contribution in [0.3, 0.4) is 0 Å². The van der Waals surface area contributed by atoms with Crippen molar-refractivity contribution in [3.63, 3.8) is 0 Å². The van der Waals surface area contributed by atoms with Crippen LogP contribution in [-0.2, 0) is 6.54 Å². The smallest absolute Gasteiger partial charge is 0.264 e. The second kappa shape index (κ2) is 3.59. The summed E-state index contributed by atoms with van der Waals surface area (Å²) < 4.78 is 1.94. The highest BCUT2D eigenvalue weighted by Gasteiger charge is 2.22. The first-order valence-corrected chi connectivity index (χ1v) is 5.40. The van der Waals surface area contributed by atoms with Crippen LogP contribution in [0.2, 0.25) is 0 Å². The molecule has 0 unspecified atom stereocenters. The van der Waals surface area contributed by atoms with Gasteiger partial charge in [-0.05, 0) is 24.8 Å². The van der Waals surface area contributed by atoms with E-state index in [0.29, 0.717) is 0 Å². The summed E-state index contributed by atoms with van der Waals surface area (Å²) in [6.07, 6.45) is 6.38. The topological polar surface area (TPSA) is 63.6 Å². The molecule has 1 N–H and O–H groups in total. The molecule has 1 aliphatic carbocycles. The van der Waals surface area contributed by atoms with Crippen molar-refractivity contribution in [1.29, 1.82) is 0 Å². The van der Waals surface area contributed by atoms with Crippen LogP contribution < -0.4 is 5.56 Å². The Morgan fingerprint density at radius 2 is 2.31 bits per heavy atom. The zero-order chi connectivity index (χ0) is 11.0. The number of nitrogens with one attached hydrogen (secondary N) is 1. The average Bonchev–Trinajstić information content (AvgIpc) is 2.97. The summed E-state index contributed by atoms with van der Waals surface area (Å²) in [6.45, 7) is 0.989. The zero-order valence-electron chi connectivity index (χ0n) is 8.76. The Hall–Kier alpha value is -1.91. The van der Waals surface area contributed by atoms with Crippen LogP contribution in [0.25, 0.3) is 11.3 Å². The number of H-pyrrole nitrogens is 1. The van der Waals surface area contributed by atoms with Crippen LogP contribution >= 0.6 is 0 Å². The summed E-state index contributed by atoms with van der Waals surface area (Å²) in [7, 11) is 0. The van der Waals surface area contributed by atoms with E-state index in [0.717, 1.165) is 23.7 Å². The van der Waals surface area contributed by atoms with E-state index in [1.165, 1.54) is 18.9 Å². The van der Waals surface area contributed by atoms with Crippen molar-refractivity contribution < 1.29 is 0 Å². The predicted octanol–water partition coefficient (Wildman–Crippen LogP) is 1.04. The van der Waals surface area contributed by atoms with E-state index < -0.39 is 0 Å². The van der Waals surface area contributed by atoms with E-state index in [2.05, 4.69) is 15.3 Å². The molecule has 0 bridgehead atoms. The highest BCUT2D eigenvalue weighted by molar-refractivity contribution is 5.55. The Labute approximate surface area is 92.1 Å². The molecule has 2 aromatic heterocycles. The minimum absolute atomic E-state index is 0.186. The van der Waals surface area contributed by atoms with Gasteiger partial charge in [0.25, 0.3) is 5.56 Å². The van der Waals surface area contributed by atoms with Gasteiger partial charge in [0.1, 0.15) is 0 Å². The first-order valence-electron chi connectivity index (χ1n) is 5.40. The van der Waals surface area contributed by atoms with Crippen LogP contribution in [0.5, 0.6) is 0 Å². The summed E-state index contributed by atoms with van der Waals surface area (Å²) in [5.41, 5.74) is 1.51. The van der Waals surface area contributed by atoms with Crippen molar-refractivity contribution in [2.45, 2.75) is 19.4 Å². The van der Waals surface area contributed by atoms with Gasteiger partial charge in [0.2, 0.25) is 0 Å². The van der Waals surface area contributed by atoms with Crippen molar-refractivity contribution in [2.24, 2.45) is 5.92 Å². The Morgan fingerprint density at radius 3 is 3.00 bits per heavy atom. The minimum Gasteiger partial charge on any atom is -0.272 e. The first-order chi connectivity index (χ1) is 7.81. The van der Waals surface area contributed by atoms with Crippen molar-refractivity contribution in [1.82, 2.24) is 20.0 Å². The van der Waals surface area contributed by atoms with Crippen LogP contribution in [0.15, 0.2) is 29.3 Å². The lowest BCUT2D eigenvalue weighted by molar-refractivity contribution is 0.563. The predicted molar refractivity (Wildman–Crippen MR) is 58.8 cm³/mol. The standard InChI is InChI=1S/C11H12N4O/c16-11-4-3-10(13-14-11)9-5-12-15(7-9)6-8-1-2-8/h3-5,7-8H,1-2,6H2,(H,14,16). The summed E-state index contributed by atoms with van der Waals surface area (Å²) >= 11 is 0. The molecule has 3 rings (SSSR count). The molecule has 0 radical (unpaired) electrons. The van der Waals surface area contributed by atoms with Crippen molar-refractivity contribution >= 4 is 0 Å². The highest BCUT2D eigenvalue weighted by atomic mass is 16.1. The molecular formula is C11H12N4O. The van der Waals surface area contributed by atoms with E-state index >= 15 is 0 Å². The first kappa shape index (κ1) is 9.33. The van der Waals surface area contributed by atoms with Crippen LogP contribution in [-0.4, -0.2) is 20.0 Å². The molecular weight excluding hydrogens is 204 g/mol. The van der Waals surface area contributed by atoms with Gasteiger partial charge in [-0.25, -0.2) is 5.10 Å². The van der Waals surface area contributed by atoms with Gasteiger partial charge in [-0.1, -0.05) is 0 Å². The largest absolute Gasteiger partial charge is 0.272 e. The summed E-state index contributed by atoms with van der Waals surface area (Å²) in [4.78, 5) is 10.9. The Balaban J connectivity index is 1.85. The maximum absolute atomic E-state index is 10.9. The third-order valence-electron chi connectivity index (χ3n) is 2.75. The molecule has 5 heteroatoms. The number of aromatic amines is 1. The number of nitrogens with zero attached hydrogens (tertiary/aromatic N) is 3. The SMILES string of the molecule is O=c1ccc(-c2cnn(CC3CC3)c2)n[nH]1. The van der Waals surface area contributed by atoms with E-state index in [4.69, 9.17) is 0 Å². The summed E-state index contributed by atoms with van der Waals surface area (Å²) in [5.74, 6) is 0.802. The number of hydrogen-bond donors (Lipinski definition) is 1. The fourth-order valence-corrected chi connectivity index (χ4v) is 1.67. The monoisotopic (exact) mass is 216 g/mol. The van der Waals surface area contributed by atoms with Gasteiger partial charge in [0.05, 0.1) is 11.9 Å². The van der Waals surface area contributed by atoms with Gasteiger partial charge in [-0.2, -0.15) is 10.2 Å². The van der Waals surface area contributed by atoms with Gasteiger partial charge in [-0.3, -0.25) is 9.48 Å². The van der Waals surface area contributed by atoms with Crippen molar-refractivity contribution in [2.75, 3.05) is 0 Å². The van der Waals surface area contributed by atoms with Gasteiger partial charge < -0.3 is 0 Å². The van der Waals surface area contributed by atoms with E-state index in [9.17, 15) is 4.79 Å². The quantitative estimate of drug-likeness (QED) is 0.833. The van der Waals surface area contributed by atoms with Gasteiger partial charge in [-0.15, -0.1) is 0 Å². The molecule has 5 nitrogen and oxygen atoms in total. The molecule has 0 atom stereocenters. The van der Waals surface area contributed by atoms with Crippen molar-refractivity contribution in [3.8, 4) is 11.3 Å². The Morgan fingerprint density at radius 1 is 1.44 bits per heavy atom. The molecule has 16 heavy (non-hydrogen) atoms. The number of hydrogen-bond acceptors (Lipinski definition) is 3. The van der Waals surface area contributed by atoms with E-state index in [1.54, 1.807) is 12.3 Å². The van der Waals surface area contributed by atoms with Crippen molar-refractivity contribution in [3.05, 3.63) is 34.9 Å². The lowest BCUT2D eigenvalue weighted by Gasteiger charge is -1.96. The molecule has 0 spiro atoms. The van der Waals surface area contributed by atoms with E-state index in [-0.39, 0.29) is 5.56 Å². The van der Waals surface area contributed by atoms with Gasteiger partial charge in [0.15, 0.2) is 0 Å². The highest BCUT2D eigenvalue weighted by Crippen LogP contribution is 2.30. The van der Waals surface area contributed by atoms with Gasteiger partial charge in [0, 0.05) is 24.4 Å². The molecule has 82 valence electrons. The molecule has 0 aromatic carbocycles. The van der Waals surface area contributed by atoms with Crippen LogP contribution in [0.1, 0.15) is 12.8 Å². The second-order valence-electron chi connectivity index (χ2n) is 4.20. The fraction of sp³-hybridized carbons (Fsp3) is 0.364. The minimum atomic E-state index is -0.186. The molecule has 0 aliphatic heterocycles. The Kier molecular flexibility index (Phi) is 2.09. The number of aromatic nitrogens is 4. The third kappa shape index (κ3) is 1.88. The lowest BCUT2D eigenvalue weighted by Crippen LogP contribution is -2.05.